The summed E-state index contributed by atoms with van der Waals surface area (Å²) in [6.45, 7) is 13.7. The molecular formula is C22H42O2. The number of rotatable bonds is 14. The van der Waals surface area contributed by atoms with Crippen LogP contribution in [0.3, 0.4) is 0 Å². The number of allylic oxidation sites excluding steroid dienone is 1. The maximum absolute atomic E-state index is 11.4. The molecule has 0 aliphatic rings. The van der Waals surface area contributed by atoms with E-state index in [1.54, 1.807) is 6.08 Å². The van der Waals surface area contributed by atoms with E-state index in [-0.39, 0.29) is 5.97 Å². The molecule has 0 heterocycles. The fourth-order valence-corrected chi connectivity index (χ4v) is 3.16. The molecule has 0 saturated carbocycles. The summed E-state index contributed by atoms with van der Waals surface area (Å²) in [7, 11) is 0. The average molecular weight is 339 g/mol. The van der Waals surface area contributed by atoms with Crippen molar-refractivity contribution in [3.63, 3.8) is 0 Å². The van der Waals surface area contributed by atoms with Crippen LogP contribution in [0.25, 0.3) is 0 Å². The number of carbonyl (C=O) groups excluding carboxylic acids is 1. The Morgan fingerprint density at radius 3 is 1.88 bits per heavy atom. The van der Waals surface area contributed by atoms with Crippen molar-refractivity contribution in [3.05, 3.63) is 11.6 Å². The molecule has 0 fully saturated rings. The van der Waals surface area contributed by atoms with E-state index in [9.17, 15) is 4.79 Å². The van der Waals surface area contributed by atoms with Crippen LogP contribution in [0.2, 0.25) is 0 Å². The zero-order valence-electron chi connectivity index (χ0n) is 17.2. The minimum atomic E-state index is -0.200. The number of hydrogen-bond acceptors (Lipinski definition) is 2. The van der Waals surface area contributed by atoms with Gasteiger partial charge < -0.3 is 4.74 Å². The van der Waals surface area contributed by atoms with Crippen molar-refractivity contribution in [2.45, 2.75) is 99.3 Å². The maximum atomic E-state index is 11.4. The molecule has 0 aromatic carbocycles. The summed E-state index contributed by atoms with van der Waals surface area (Å²) in [4.78, 5) is 11.4. The number of ether oxygens (including phenoxy) is 1. The van der Waals surface area contributed by atoms with Crippen LogP contribution < -0.4 is 0 Å². The molecule has 2 atom stereocenters. The second-order valence-electron chi connectivity index (χ2n) is 8.10. The first-order valence-corrected chi connectivity index (χ1v) is 10.2. The zero-order chi connectivity index (χ0) is 18.4. The van der Waals surface area contributed by atoms with Gasteiger partial charge >= 0.3 is 5.97 Å². The largest absolute Gasteiger partial charge is 0.463 e. The van der Waals surface area contributed by atoms with Gasteiger partial charge in [0.05, 0.1) is 6.61 Å². The van der Waals surface area contributed by atoms with E-state index < -0.39 is 0 Å². The third-order valence-corrected chi connectivity index (χ3v) is 4.79. The molecule has 2 heteroatoms. The molecule has 0 aliphatic carbocycles. The van der Waals surface area contributed by atoms with Gasteiger partial charge in [0.15, 0.2) is 0 Å². The van der Waals surface area contributed by atoms with Gasteiger partial charge in [-0.1, -0.05) is 78.2 Å². The molecule has 0 amide bonds. The van der Waals surface area contributed by atoms with Gasteiger partial charge in [0.2, 0.25) is 0 Å². The quantitative estimate of drug-likeness (QED) is 0.253. The van der Waals surface area contributed by atoms with Crippen molar-refractivity contribution in [3.8, 4) is 0 Å². The third kappa shape index (κ3) is 14.8. The van der Waals surface area contributed by atoms with E-state index >= 15 is 0 Å². The Hall–Kier alpha value is -0.790. The Morgan fingerprint density at radius 2 is 1.38 bits per heavy atom. The molecule has 0 spiro atoms. The van der Waals surface area contributed by atoms with Crippen molar-refractivity contribution < 1.29 is 9.53 Å². The molecule has 0 saturated heterocycles. The van der Waals surface area contributed by atoms with Crippen molar-refractivity contribution in [2.24, 2.45) is 17.8 Å². The van der Waals surface area contributed by atoms with Crippen molar-refractivity contribution in [1.29, 1.82) is 0 Å². The topological polar surface area (TPSA) is 26.3 Å². The molecule has 2 nitrogen and oxygen atoms in total. The van der Waals surface area contributed by atoms with Gasteiger partial charge in [-0.15, -0.1) is 0 Å². The highest BCUT2D eigenvalue weighted by atomic mass is 16.5. The minimum absolute atomic E-state index is 0.200. The van der Waals surface area contributed by atoms with E-state index in [1.807, 2.05) is 13.8 Å². The highest BCUT2D eigenvalue weighted by Gasteiger charge is 2.07. The van der Waals surface area contributed by atoms with Crippen LogP contribution in [-0.4, -0.2) is 12.6 Å². The van der Waals surface area contributed by atoms with Crippen LogP contribution in [0, 0.1) is 17.8 Å². The Morgan fingerprint density at radius 1 is 0.875 bits per heavy atom. The lowest BCUT2D eigenvalue weighted by atomic mass is 9.91. The van der Waals surface area contributed by atoms with Gasteiger partial charge in [0, 0.05) is 6.08 Å². The fourth-order valence-electron chi connectivity index (χ4n) is 3.16. The number of carbonyl (C=O) groups is 1. The lowest BCUT2D eigenvalue weighted by molar-refractivity contribution is -0.137. The van der Waals surface area contributed by atoms with E-state index in [0.717, 1.165) is 29.7 Å². The number of esters is 1. The van der Waals surface area contributed by atoms with E-state index in [2.05, 4.69) is 27.7 Å². The van der Waals surface area contributed by atoms with Gasteiger partial charge in [-0.25, -0.2) is 4.79 Å². The van der Waals surface area contributed by atoms with Crippen LogP contribution in [0.5, 0.6) is 0 Å². The Labute approximate surface area is 151 Å². The normalized spacial score (nSPS) is 14.7. The second-order valence-corrected chi connectivity index (χ2v) is 8.10. The van der Waals surface area contributed by atoms with Crippen LogP contribution >= 0.6 is 0 Å². The molecule has 24 heavy (non-hydrogen) atoms. The van der Waals surface area contributed by atoms with Gasteiger partial charge in [-0.05, 0) is 44.4 Å². The third-order valence-electron chi connectivity index (χ3n) is 4.79. The van der Waals surface area contributed by atoms with Crippen molar-refractivity contribution in [2.75, 3.05) is 6.61 Å². The van der Waals surface area contributed by atoms with Gasteiger partial charge in [-0.2, -0.15) is 0 Å². The fraction of sp³-hybridized carbons (Fsp3) is 0.864. The zero-order valence-corrected chi connectivity index (χ0v) is 17.2. The monoisotopic (exact) mass is 338 g/mol. The van der Waals surface area contributed by atoms with Gasteiger partial charge in [0.1, 0.15) is 0 Å². The van der Waals surface area contributed by atoms with E-state index in [0.29, 0.717) is 6.61 Å². The molecule has 0 radical (unpaired) electrons. The molecule has 0 rings (SSSR count). The molecule has 0 bridgehead atoms. The first-order chi connectivity index (χ1) is 11.3. The van der Waals surface area contributed by atoms with Crippen molar-refractivity contribution in [1.82, 2.24) is 0 Å². The average Bonchev–Trinajstić information content (AvgIpc) is 2.46. The Bertz CT molecular complexity index is 344. The van der Waals surface area contributed by atoms with Crippen LogP contribution in [0.4, 0.5) is 0 Å². The van der Waals surface area contributed by atoms with Crippen LogP contribution in [-0.2, 0) is 9.53 Å². The molecule has 0 N–H and O–H groups in total. The summed E-state index contributed by atoms with van der Waals surface area (Å²) >= 11 is 0. The standard InChI is InChI=1S/C22H42O2/c1-7-24-22(23)17-21(6)16-10-15-20(5)14-9-13-19(4)12-8-11-18(2)3/h17-20H,7-16H2,1-6H3/b21-17+/t19-,20-/m1/s1. The Balaban J connectivity index is 3.69. The first kappa shape index (κ1) is 23.2. The molecule has 0 aromatic rings. The second kappa shape index (κ2) is 14.5. The minimum Gasteiger partial charge on any atom is -0.463 e. The summed E-state index contributed by atoms with van der Waals surface area (Å²) < 4.78 is 4.94. The lowest BCUT2D eigenvalue weighted by Crippen LogP contribution is -2.01. The van der Waals surface area contributed by atoms with Gasteiger partial charge in [-0.3, -0.25) is 0 Å². The smallest absolute Gasteiger partial charge is 0.330 e. The molecular weight excluding hydrogens is 296 g/mol. The molecule has 0 unspecified atom stereocenters. The summed E-state index contributed by atoms with van der Waals surface area (Å²) in [5, 5.41) is 0. The first-order valence-electron chi connectivity index (χ1n) is 10.2. The highest BCUT2D eigenvalue weighted by molar-refractivity contribution is 5.82. The molecule has 0 aromatic heterocycles. The molecule has 0 aliphatic heterocycles. The van der Waals surface area contributed by atoms with Crippen LogP contribution in [0.15, 0.2) is 11.6 Å². The maximum Gasteiger partial charge on any atom is 0.330 e. The Kier molecular flexibility index (Phi) is 14.1. The van der Waals surface area contributed by atoms with E-state index in [4.69, 9.17) is 4.74 Å². The van der Waals surface area contributed by atoms with Crippen LogP contribution in [0.1, 0.15) is 99.3 Å². The van der Waals surface area contributed by atoms with Gasteiger partial charge in [0.25, 0.3) is 0 Å². The predicted molar refractivity (Wildman–Crippen MR) is 105 cm³/mol. The highest BCUT2D eigenvalue weighted by Crippen LogP contribution is 2.22. The van der Waals surface area contributed by atoms with Crippen molar-refractivity contribution >= 4 is 5.97 Å². The summed E-state index contributed by atoms with van der Waals surface area (Å²) in [5.41, 5.74) is 1.14. The lowest BCUT2D eigenvalue weighted by Gasteiger charge is -2.15. The SMILES string of the molecule is CCOC(=O)/C=C(\C)CCC[C@H](C)CCC[C@H](C)CCCC(C)C. The summed E-state index contributed by atoms with van der Waals surface area (Å²) in [5.74, 6) is 2.32. The summed E-state index contributed by atoms with van der Waals surface area (Å²) in [6, 6.07) is 0. The number of hydrogen-bond donors (Lipinski definition) is 0. The summed E-state index contributed by atoms with van der Waals surface area (Å²) in [6.07, 6.45) is 13.3. The van der Waals surface area contributed by atoms with E-state index in [1.165, 1.54) is 51.4 Å². The predicted octanol–water partition coefficient (Wildman–Crippen LogP) is 6.93. The molecule has 142 valence electrons.